The summed E-state index contributed by atoms with van der Waals surface area (Å²) < 4.78 is 47.1. The maximum Gasteiger partial charge on any atom is 0.573 e. The standard InChI is InChI=1S/C29H33F3N8O2/c1-18-6-7-20(12-27(18)40-17-26(35-36-40)25-16-33-39(5)19(25)2)28(41)34-21-13-23(15-24(14-21)42-29(30,31)32)38(4)22-8-10-37(3)11-9-22/h6-7,12-17,22H,8-11H2,1-5H3,(H,34,41). The Labute approximate surface area is 241 Å². The summed E-state index contributed by atoms with van der Waals surface area (Å²) in [5.74, 6) is -0.891. The normalized spacial score (nSPS) is 14.7. The molecule has 1 aliphatic heterocycles. The minimum atomic E-state index is -4.87. The Balaban J connectivity index is 1.41. The molecule has 2 aromatic heterocycles. The van der Waals surface area contributed by atoms with Gasteiger partial charge in [0, 0.05) is 60.5 Å². The van der Waals surface area contributed by atoms with Gasteiger partial charge in [-0.25, -0.2) is 4.68 Å². The monoisotopic (exact) mass is 582 g/mol. The molecule has 1 saturated heterocycles. The third-order valence-corrected chi connectivity index (χ3v) is 7.75. The number of aromatic nitrogens is 5. The lowest BCUT2D eigenvalue weighted by atomic mass is 10.0. The lowest BCUT2D eigenvalue weighted by Crippen LogP contribution is -2.42. The second-order valence-electron chi connectivity index (χ2n) is 10.7. The molecule has 0 bridgehead atoms. The van der Waals surface area contributed by atoms with Crippen molar-refractivity contribution in [1.29, 1.82) is 0 Å². The van der Waals surface area contributed by atoms with Crippen molar-refractivity contribution in [2.24, 2.45) is 7.05 Å². The van der Waals surface area contributed by atoms with Crippen LogP contribution in [0.25, 0.3) is 16.9 Å². The van der Waals surface area contributed by atoms with E-state index in [9.17, 15) is 18.0 Å². The highest BCUT2D eigenvalue weighted by Gasteiger charge is 2.32. The highest BCUT2D eigenvalue weighted by molar-refractivity contribution is 6.05. The maximum absolute atomic E-state index is 13.3. The second-order valence-corrected chi connectivity index (χ2v) is 10.7. The number of nitrogens with one attached hydrogen (secondary N) is 1. The van der Waals surface area contributed by atoms with Gasteiger partial charge in [0.15, 0.2) is 0 Å². The first-order chi connectivity index (χ1) is 19.9. The number of carbonyl (C=O) groups is 1. The van der Waals surface area contributed by atoms with Crippen LogP contribution in [0, 0.1) is 13.8 Å². The number of halogens is 3. The van der Waals surface area contributed by atoms with Gasteiger partial charge in [0.25, 0.3) is 5.91 Å². The van der Waals surface area contributed by atoms with E-state index in [2.05, 4.69) is 30.4 Å². The molecule has 10 nitrogen and oxygen atoms in total. The second kappa shape index (κ2) is 11.5. The summed E-state index contributed by atoms with van der Waals surface area (Å²) in [6, 6.07) is 9.43. The lowest BCUT2D eigenvalue weighted by molar-refractivity contribution is -0.274. The highest BCUT2D eigenvalue weighted by atomic mass is 19.4. The topological polar surface area (TPSA) is 93.3 Å². The van der Waals surface area contributed by atoms with Crippen LogP contribution < -0.4 is 15.0 Å². The fourth-order valence-corrected chi connectivity index (χ4v) is 5.10. The van der Waals surface area contributed by atoms with Crippen molar-refractivity contribution >= 4 is 17.3 Å². The van der Waals surface area contributed by atoms with Crippen molar-refractivity contribution in [3.05, 3.63) is 65.6 Å². The molecular formula is C29H33F3N8O2. The fourth-order valence-electron chi connectivity index (χ4n) is 5.10. The van der Waals surface area contributed by atoms with E-state index >= 15 is 0 Å². The van der Waals surface area contributed by atoms with E-state index in [1.54, 1.807) is 46.0 Å². The Kier molecular flexibility index (Phi) is 7.95. The van der Waals surface area contributed by atoms with Crippen LogP contribution in [0.3, 0.4) is 0 Å². The van der Waals surface area contributed by atoms with E-state index in [4.69, 9.17) is 0 Å². The molecule has 2 aromatic carbocycles. The highest BCUT2D eigenvalue weighted by Crippen LogP contribution is 2.33. The van der Waals surface area contributed by atoms with Crippen molar-refractivity contribution in [3.8, 4) is 22.7 Å². The first-order valence-corrected chi connectivity index (χ1v) is 13.5. The number of likely N-dealkylation sites (tertiary alicyclic amines) is 1. The number of nitrogens with zero attached hydrogens (tertiary/aromatic N) is 7. The number of ether oxygens (including phenoxy) is 1. The zero-order valence-electron chi connectivity index (χ0n) is 24.1. The predicted octanol–water partition coefficient (Wildman–Crippen LogP) is 4.97. The molecule has 0 aliphatic carbocycles. The predicted molar refractivity (Wildman–Crippen MR) is 153 cm³/mol. The molecule has 0 saturated carbocycles. The van der Waals surface area contributed by atoms with Gasteiger partial charge in [0.2, 0.25) is 0 Å². The molecule has 4 aromatic rings. The average molecular weight is 583 g/mol. The largest absolute Gasteiger partial charge is 0.573 e. The molecule has 1 fully saturated rings. The van der Waals surface area contributed by atoms with Crippen LogP contribution in [0.1, 0.15) is 34.5 Å². The van der Waals surface area contributed by atoms with Crippen LogP contribution in [-0.4, -0.2) is 75.2 Å². The average Bonchev–Trinajstić information content (AvgIpc) is 3.54. The van der Waals surface area contributed by atoms with Gasteiger partial charge >= 0.3 is 6.36 Å². The van der Waals surface area contributed by atoms with Gasteiger partial charge in [0.05, 0.1) is 18.1 Å². The molecule has 1 aliphatic rings. The number of anilines is 2. The molecule has 1 amide bonds. The quantitative estimate of drug-likeness (QED) is 0.329. The Morgan fingerprint density at radius 3 is 2.50 bits per heavy atom. The minimum Gasteiger partial charge on any atom is -0.406 e. The number of alkyl halides is 3. The number of aryl methyl sites for hydroxylation is 2. The van der Waals surface area contributed by atoms with Crippen LogP contribution >= 0.6 is 0 Å². The Morgan fingerprint density at radius 2 is 1.83 bits per heavy atom. The van der Waals surface area contributed by atoms with E-state index in [-0.39, 0.29) is 11.7 Å². The van der Waals surface area contributed by atoms with Crippen LogP contribution in [0.5, 0.6) is 5.75 Å². The summed E-state index contributed by atoms with van der Waals surface area (Å²) in [4.78, 5) is 17.5. The zero-order chi connectivity index (χ0) is 30.2. The molecule has 222 valence electrons. The zero-order valence-corrected chi connectivity index (χ0v) is 24.1. The molecule has 0 atom stereocenters. The number of rotatable bonds is 7. The van der Waals surface area contributed by atoms with Gasteiger partial charge in [-0.2, -0.15) is 5.10 Å². The van der Waals surface area contributed by atoms with Crippen molar-refractivity contribution < 1.29 is 22.7 Å². The lowest BCUT2D eigenvalue weighted by Gasteiger charge is -2.36. The fraction of sp³-hybridized carbons (Fsp3) is 0.379. The summed E-state index contributed by atoms with van der Waals surface area (Å²) in [6.45, 7) is 5.60. The number of hydrogen-bond donors (Lipinski definition) is 1. The van der Waals surface area contributed by atoms with Gasteiger partial charge < -0.3 is 19.9 Å². The first-order valence-electron chi connectivity index (χ1n) is 13.5. The maximum atomic E-state index is 13.3. The van der Waals surface area contributed by atoms with Gasteiger partial charge in [0.1, 0.15) is 11.4 Å². The summed E-state index contributed by atoms with van der Waals surface area (Å²) in [5, 5.41) is 15.5. The molecule has 0 spiro atoms. The van der Waals surface area contributed by atoms with E-state index < -0.39 is 18.0 Å². The molecule has 13 heteroatoms. The van der Waals surface area contributed by atoms with E-state index in [1.807, 2.05) is 39.9 Å². The number of amides is 1. The van der Waals surface area contributed by atoms with Gasteiger partial charge in [-0.15, -0.1) is 18.3 Å². The third kappa shape index (κ3) is 6.40. The van der Waals surface area contributed by atoms with Gasteiger partial charge in [-0.1, -0.05) is 11.3 Å². The van der Waals surface area contributed by atoms with Crippen LogP contribution in [0.4, 0.5) is 24.5 Å². The molecule has 0 radical (unpaired) electrons. The summed E-state index contributed by atoms with van der Waals surface area (Å²) in [6.07, 6.45) is 0.348. The number of carbonyl (C=O) groups excluding carboxylic acids is 1. The van der Waals surface area contributed by atoms with E-state index in [0.717, 1.165) is 42.8 Å². The van der Waals surface area contributed by atoms with Gasteiger partial charge in [-0.05, 0) is 70.6 Å². The number of hydrogen-bond acceptors (Lipinski definition) is 7. The van der Waals surface area contributed by atoms with Crippen molar-refractivity contribution in [2.75, 3.05) is 37.4 Å². The van der Waals surface area contributed by atoms with E-state index in [0.29, 0.717) is 22.6 Å². The van der Waals surface area contributed by atoms with Crippen molar-refractivity contribution in [3.63, 3.8) is 0 Å². The van der Waals surface area contributed by atoms with Crippen molar-refractivity contribution in [2.45, 2.75) is 39.1 Å². The molecule has 1 N–H and O–H groups in total. The minimum absolute atomic E-state index is 0.147. The van der Waals surface area contributed by atoms with Crippen LogP contribution in [0.15, 0.2) is 48.8 Å². The molecule has 3 heterocycles. The third-order valence-electron chi connectivity index (χ3n) is 7.75. The Hall–Kier alpha value is -4.39. The SMILES string of the molecule is Cc1ccc(C(=O)Nc2cc(OC(F)(F)F)cc(N(C)C3CCN(C)CC3)c2)cc1-n1cc(-c2cnn(C)c2C)nn1. The van der Waals surface area contributed by atoms with Crippen molar-refractivity contribution in [1.82, 2.24) is 29.7 Å². The van der Waals surface area contributed by atoms with Crippen LogP contribution in [0.2, 0.25) is 0 Å². The summed E-state index contributed by atoms with van der Waals surface area (Å²) in [5.41, 5.74) is 4.92. The number of benzene rings is 2. The van der Waals surface area contributed by atoms with E-state index in [1.165, 1.54) is 12.1 Å². The summed E-state index contributed by atoms with van der Waals surface area (Å²) >= 11 is 0. The number of piperidine rings is 1. The Morgan fingerprint density at radius 1 is 1.10 bits per heavy atom. The Bertz CT molecular complexity index is 1590. The molecular weight excluding hydrogens is 549 g/mol. The first kappa shape index (κ1) is 29.1. The van der Waals surface area contributed by atoms with Gasteiger partial charge in [-0.3, -0.25) is 9.48 Å². The smallest absolute Gasteiger partial charge is 0.406 e. The summed E-state index contributed by atoms with van der Waals surface area (Å²) in [7, 11) is 5.73. The molecule has 5 rings (SSSR count). The molecule has 0 unspecified atom stereocenters. The van der Waals surface area contributed by atoms with Crippen LogP contribution in [-0.2, 0) is 7.05 Å². The molecule has 42 heavy (non-hydrogen) atoms.